The van der Waals surface area contributed by atoms with Gasteiger partial charge in [0.25, 0.3) is 11.8 Å². The summed E-state index contributed by atoms with van der Waals surface area (Å²) >= 11 is 0. The third-order valence-corrected chi connectivity index (χ3v) is 6.06. The molecule has 4 amide bonds. The summed E-state index contributed by atoms with van der Waals surface area (Å²) in [7, 11) is 0. The number of nitrogens with zero attached hydrogens (tertiary/aromatic N) is 2. The average molecular weight is 509 g/mol. The van der Waals surface area contributed by atoms with Crippen molar-refractivity contribution in [2.45, 2.75) is 6.17 Å². The summed E-state index contributed by atoms with van der Waals surface area (Å²) in [5.41, 5.74) is 8.45. The fourth-order valence-electron chi connectivity index (χ4n) is 4.30. The van der Waals surface area contributed by atoms with Crippen molar-refractivity contribution in [3.05, 3.63) is 102 Å². The van der Waals surface area contributed by atoms with E-state index in [1.54, 1.807) is 30.3 Å². The predicted molar refractivity (Wildman–Crippen MR) is 143 cm³/mol. The summed E-state index contributed by atoms with van der Waals surface area (Å²) in [5.74, 6) is -2.43. The molecule has 190 valence electrons. The number of aromatic nitrogens is 1. The largest absolute Gasteiger partial charge is 0.368 e. The van der Waals surface area contributed by atoms with Crippen LogP contribution in [0.3, 0.4) is 0 Å². The molecule has 1 aliphatic heterocycles. The molecule has 0 saturated heterocycles. The van der Waals surface area contributed by atoms with E-state index in [1.165, 1.54) is 4.90 Å². The van der Waals surface area contributed by atoms with Gasteiger partial charge in [-0.2, -0.15) is 0 Å². The number of fused-ring (bicyclic) bond motifs is 2. The molecule has 1 unspecified atom stereocenters. The van der Waals surface area contributed by atoms with Gasteiger partial charge in [0, 0.05) is 22.0 Å². The number of carbonyl (C=O) groups is 4. The second-order valence-electron chi connectivity index (χ2n) is 8.67. The minimum atomic E-state index is -1.33. The number of nitrogens with one attached hydrogen (secondary N) is 3. The number of benzodiazepines with no additional fused rings is 1. The Labute approximate surface area is 217 Å². The number of hydrogen-bond acceptors (Lipinski definition) is 5. The molecule has 0 bridgehead atoms. The number of para-hydroxylation sites is 2. The van der Waals surface area contributed by atoms with Crippen LogP contribution in [-0.2, 0) is 14.4 Å². The Morgan fingerprint density at radius 3 is 2.42 bits per heavy atom. The van der Waals surface area contributed by atoms with E-state index in [9.17, 15) is 19.2 Å². The highest BCUT2D eigenvalue weighted by molar-refractivity contribution is 6.21. The number of aromatic amines is 1. The third kappa shape index (κ3) is 5.00. The Balaban J connectivity index is 1.54. The maximum atomic E-state index is 13.8. The maximum Gasteiger partial charge on any atom is 0.272 e. The molecule has 5 N–H and O–H groups in total. The Morgan fingerprint density at radius 2 is 1.66 bits per heavy atom. The standard InChI is InChI=1S/C28H24N6O4/c29-23(35)15-30-24(36)16-34-22-13-7-5-11-19(22)25(17-8-2-1-3-9-17)32-26(28(34)38)33-27(37)21-14-18-10-4-6-12-20(18)31-21/h1-14,26,31H,15-16H2,(H2,29,35)(H,30,36)(H,33,37). The molecule has 1 atom stereocenters. The summed E-state index contributed by atoms with van der Waals surface area (Å²) in [5, 5.41) is 5.97. The quantitative estimate of drug-likeness (QED) is 0.301. The van der Waals surface area contributed by atoms with Crippen LogP contribution in [-0.4, -0.2) is 53.6 Å². The number of hydrogen-bond donors (Lipinski definition) is 4. The second kappa shape index (κ2) is 10.4. The molecule has 0 fully saturated rings. The average Bonchev–Trinajstić information content (AvgIpc) is 3.33. The van der Waals surface area contributed by atoms with Crippen molar-refractivity contribution >= 4 is 45.9 Å². The summed E-state index contributed by atoms with van der Waals surface area (Å²) in [6.07, 6.45) is -1.33. The van der Waals surface area contributed by atoms with E-state index in [-0.39, 0.29) is 12.2 Å². The van der Waals surface area contributed by atoms with Gasteiger partial charge >= 0.3 is 0 Å². The SMILES string of the molecule is NC(=O)CNC(=O)CN1C(=O)C(NC(=O)c2cc3ccccc3[nH]2)N=C(c2ccccc2)c2ccccc21. The van der Waals surface area contributed by atoms with Gasteiger partial charge in [-0.05, 0) is 18.2 Å². The van der Waals surface area contributed by atoms with Gasteiger partial charge in [0.1, 0.15) is 12.2 Å². The van der Waals surface area contributed by atoms with Crippen molar-refractivity contribution in [2.75, 3.05) is 18.0 Å². The van der Waals surface area contributed by atoms with Crippen LogP contribution in [0.15, 0.2) is 89.9 Å². The molecular formula is C28H24N6O4. The number of benzene rings is 3. The van der Waals surface area contributed by atoms with Crippen LogP contribution in [0.1, 0.15) is 21.6 Å². The van der Waals surface area contributed by atoms with Crippen LogP contribution in [0, 0.1) is 0 Å². The topological polar surface area (TPSA) is 150 Å². The van der Waals surface area contributed by atoms with Crippen LogP contribution in [0.4, 0.5) is 5.69 Å². The zero-order valence-electron chi connectivity index (χ0n) is 20.2. The van der Waals surface area contributed by atoms with E-state index in [2.05, 4.69) is 15.6 Å². The molecular weight excluding hydrogens is 484 g/mol. The van der Waals surface area contributed by atoms with E-state index < -0.39 is 36.3 Å². The second-order valence-corrected chi connectivity index (χ2v) is 8.67. The lowest BCUT2D eigenvalue weighted by atomic mass is 10.0. The van der Waals surface area contributed by atoms with E-state index in [0.717, 1.165) is 16.5 Å². The number of aliphatic imine (C=N–C) groups is 1. The molecule has 10 nitrogen and oxygen atoms in total. The number of carbonyl (C=O) groups excluding carboxylic acids is 4. The van der Waals surface area contributed by atoms with E-state index in [1.807, 2.05) is 54.6 Å². The number of anilines is 1. The minimum absolute atomic E-state index is 0.267. The number of rotatable bonds is 7. The van der Waals surface area contributed by atoms with Gasteiger partial charge in [-0.25, -0.2) is 4.99 Å². The van der Waals surface area contributed by atoms with Gasteiger partial charge in [0.15, 0.2) is 0 Å². The zero-order chi connectivity index (χ0) is 26.6. The van der Waals surface area contributed by atoms with Gasteiger partial charge in [-0.3, -0.25) is 24.1 Å². The van der Waals surface area contributed by atoms with Crippen molar-refractivity contribution < 1.29 is 19.2 Å². The molecule has 5 rings (SSSR count). The molecule has 0 aliphatic carbocycles. The smallest absolute Gasteiger partial charge is 0.272 e. The molecule has 38 heavy (non-hydrogen) atoms. The lowest BCUT2D eigenvalue weighted by molar-refractivity contribution is -0.126. The van der Waals surface area contributed by atoms with E-state index in [0.29, 0.717) is 17.0 Å². The van der Waals surface area contributed by atoms with Crippen LogP contribution in [0.2, 0.25) is 0 Å². The first-order valence-electron chi connectivity index (χ1n) is 11.9. The molecule has 0 saturated carbocycles. The van der Waals surface area contributed by atoms with Gasteiger partial charge in [-0.1, -0.05) is 66.7 Å². The van der Waals surface area contributed by atoms with Gasteiger partial charge in [-0.15, -0.1) is 0 Å². The highest BCUT2D eigenvalue weighted by atomic mass is 16.2. The lowest BCUT2D eigenvalue weighted by Crippen LogP contribution is -2.50. The highest BCUT2D eigenvalue weighted by Crippen LogP contribution is 2.28. The molecule has 1 aliphatic rings. The Bertz CT molecular complexity index is 1540. The van der Waals surface area contributed by atoms with Crippen molar-refractivity contribution in [1.82, 2.24) is 15.6 Å². The number of amides is 4. The molecule has 4 aromatic rings. The normalized spacial score (nSPS) is 14.8. The molecule has 0 radical (unpaired) electrons. The van der Waals surface area contributed by atoms with Crippen LogP contribution < -0.4 is 21.3 Å². The minimum Gasteiger partial charge on any atom is -0.368 e. The molecule has 1 aromatic heterocycles. The Morgan fingerprint density at radius 1 is 0.947 bits per heavy atom. The van der Waals surface area contributed by atoms with Crippen LogP contribution in [0.5, 0.6) is 0 Å². The summed E-state index contributed by atoms with van der Waals surface area (Å²) in [4.78, 5) is 59.9. The fraction of sp³-hybridized carbons (Fsp3) is 0.107. The van der Waals surface area contributed by atoms with Crippen molar-refractivity contribution in [3.8, 4) is 0 Å². The van der Waals surface area contributed by atoms with Crippen molar-refractivity contribution in [3.63, 3.8) is 0 Å². The first-order valence-corrected chi connectivity index (χ1v) is 11.9. The molecule has 2 heterocycles. The summed E-state index contributed by atoms with van der Waals surface area (Å²) in [6, 6.07) is 25.4. The first kappa shape index (κ1) is 24.4. The Hall–Kier alpha value is -5.25. The maximum absolute atomic E-state index is 13.8. The summed E-state index contributed by atoms with van der Waals surface area (Å²) in [6.45, 7) is -0.770. The van der Waals surface area contributed by atoms with E-state index >= 15 is 0 Å². The lowest BCUT2D eigenvalue weighted by Gasteiger charge is -2.24. The van der Waals surface area contributed by atoms with Gasteiger partial charge in [0.2, 0.25) is 18.0 Å². The van der Waals surface area contributed by atoms with Crippen LogP contribution >= 0.6 is 0 Å². The fourth-order valence-corrected chi connectivity index (χ4v) is 4.30. The highest BCUT2D eigenvalue weighted by Gasteiger charge is 2.34. The van der Waals surface area contributed by atoms with Crippen molar-refractivity contribution in [1.29, 1.82) is 0 Å². The number of primary amides is 1. The van der Waals surface area contributed by atoms with Gasteiger partial charge < -0.3 is 21.4 Å². The molecule has 3 aromatic carbocycles. The van der Waals surface area contributed by atoms with Crippen molar-refractivity contribution in [2.24, 2.45) is 10.7 Å². The number of H-pyrrole nitrogens is 1. The monoisotopic (exact) mass is 508 g/mol. The molecule has 10 heteroatoms. The zero-order valence-corrected chi connectivity index (χ0v) is 20.2. The summed E-state index contributed by atoms with van der Waals surface area (Å²) < 4.78 is 0. The number of nitrogens with two attached hydrogens (primary N) is 1. The Kier molecular flexibility index (Phi) is 6.68. The molecule has 0 spiro atoms. The predicted octanol–water partition coefficient (Wildman–Crippen LogP) is 1.71. The van der Waals surface area contributed by atoms with Gasteiger partial charge in [0.05, 0.1) is 17.9 Å². The van der Waals surface area contributed by atoms with Crippen LogP contribution in [0.25, 0.3) is 10.9 Å². The van der Waals surface area contributed by atoms with E-state index in [4.69, 9.17) is 10.7 Å². The first-order chi connectivity index (χ1) is 18.4. The third-order valence-electron chi connectivity index (χ3n) is 6.06.